The third-order valence-corrected chi connectivity index (χ3v) is 5.22. The fraction of sp³-hybridized carbons (Fsp3) is 0.381. The van der Waals surface area contributed by atoms with Crippen LogP contribution in [-0.4, -0.2) is 43.7 Å². The number of carbonyl (C=O) groups is 1. The predicted octanol–water partition coefficient (Wildman–Crippen LogP) is 2.43. The molecule has 1 saturated heterocycles. The van der Waals surface area contributed by atoms with Crippen LogP contribution in [0.2, 0.25) is 0 Å². The number of nitrogens with zero attached hydrogens (tertiary/aromatic N) is 1. The van der Waals surface area contributed by atoms with Crippen molar-refractivity contribution in [3.05, 3.63) is 71.8 Å². The molecule has 2 N–H and O–H groups in total. The van der Waals surface area contributed by atoms with E-state index in [-0.39, 0.29) is 11.8 Å². The number of benzene rings is 2. The van der Waals surface area contributed by atoms with Crippen LogP contribution < -0.4 is 5.73 Å². The molecule has 1 aliphatic heterocycles. The van der Waals surface area contributed by atoms with E-state index in [1.54, 1.807) is 0 Å². The summed E-state index contributed by atoms with van der Waals surface area (Å²) in [7, 11) is 0. The maximum atomic E-state index is 12.9. The second-order valence-corrected chi connectivity index (χ2v) is 6.72. The van der Waals surface area contributed by atoms with Gasteiger partial charge in [-0.2, -0.15) is 0 Å². The van der Waals surface area contributed by atoms with E-state index in [1.165, 1.54) is 0 Å². The molecule has 0 aliphatic carbocycles. The average Bonchev–Trinajstić information content (AvgIpc) is 2.65. The molecule has 0 bridgehead atoms. The van der Waals surface area contributed by atoms with Gasteiger partial charge in [-0.25, -0.2) is 0 Å². The zero-order valence-electron chi connectivity index (χ0n) is 14.7. The van der Waals surface area contributed by atoms with Gasteiger partial charge in [0.2, 0.25) is 5.91 Å². The summed E-state index contributed by atoms with van der Waals surface area (Å²) in [6.45, 7) is 6.20. The van der Waals surface area contributed by atoms with Gasteiger partial charge in [-0.15, -0.1) is 0 Å². The van der Waals surface area contributed by atoms with E-state index >= 15 is 0 Å². The van der Waals surface area contributed by atoms with E-state index in [2.05, 4.69) is 11.8 Å². The highest BCUT2D eigenvalue weighted by Gasteiger charge is 2.45. The van der Waals surface area contributed by atoms with Crippen molar-refractivity contribution >= 4 is 5.91 Å². The standard InChI is InChI=1S/C21H26N2O2/c1-17(16-23-12-14-25-15-13-23)21(20(22)24,18-8-4-2-5-9-18)19-10-6-3-7-11-19/h2-11,17H,12-16H2,1H3,(H2,22,24). The Morgan fingerprint density at radius 1 is 1.04 bits per heavy atom. The largest absolute Gasteiger partial charge is 0.379 e. The van der Waals surface area contributed by atoms with Gasteiger partial charge >= 0.3 is 0 Å². The summed E-state index contributed by atoms with van der Waals surface area (Å²) >= 11 is 0. The predicted molar refractivity (Wildman–Crippen MR) is 99.3 cm³/mol. The number of carbonyl (C=O) groups excluding carboxylic acids is 1. The summed E-state index contributed by atoms with van der Waals surface area (Å²) in [6.07, 6.45) is 0. The van der Waals surface area contributed by atoms with Gasteiger partial charge in [0.25, 0.3) is 0 Å². The Morgan fingerprint density at radius 2 is 1.52 bits per heavy atom. The van der Waals surface area contributed by atoms with Gasteiger partial charge < -0.3 is 10.5 Å². The van der Waals surface area contributed by atoms with Gasteiger partial charge in [0.15, 0.2) is 0 Å². The first-order valence-corrected chi connectivity index (χ1v) is 8.86. The molecule has 0 aromatic heterocycles. The molecular formula is C21H26N2O2. The number of morpholine rings is 1. The van der Waals surface area contributed by atoms with Crippen molar-refractivity contribution in [1.82, 2.24) is 4.90 Å². The van der Waals surface area contributed by atoms with Crippen LogP contribution in [0.5, 0.6) is 0 Å². The molecule has 1 amide bonds. The lowest BCUT2D eigenvalue weighted by Crippen LogP contribution is -2.52. The van der Waals surface area contributed by atoms with Crippen LogP contribution in [0.1, 0.15) is 18.1 Å². The van der Waals surface area contributed by atoms with Gasteiger partial charge in [0, 0.05) is 19.6 Å². The Balaban J connectivity index is 2.05. The maximum Gasteiger partial charge on any atom is 0.232 e. The molecule has 132 valence electrons. The molecule has 1 unspecified atom stereocenters. The van der Waals surface area contributed by atoms with Crippen molar-refractivity contribution in [3.8, 4) is 0 Å². The van der Waals surface area contributed by atoms with Crippen LogP contribution >= 0.6 is 0 Å². The minimum atomic E-state index is -0.846. The van der Waals surface area contributed by atoms with Gasteiger partial charge in [-0.05, 0) is 17.0 Å². The average molecular weight is 338 g/mol. The van der Waals surface area contributed by atoms with Crippen LogP contribution in [0, 0.1) is 5.92 Å². The summed E-state index contributed by atoms with van der Waals surface area (Å²) in [5, 5.41) is 0. The number of ether oxygens (including phenoxy) is 1. The topological polar surface area (TPSA) is 55.6 Å². The highest BCUT2D eigenvalue weighted by molar-refractivity contribution is 5.91. The third kappa shape index (κ3) is 3.46. The highest BCUT2D eigenvalue weighted by Crippen LogP contribution is 2.39. The molecule has 25 heavy (non-hydrogen) atoms. The quantitative estimate of drug-likeness (QED) is 0.880. The van der Waals surface area contributed by atoms with Gasteiger partial charge in [0.1, 0.15) is 5.41 Å². The normalized spacial score (nSPS) is 17.2. The highest BCUT2D eigenvalue weighted by atomic mass is 16.5. The third-order valence-electron chi connectivity index (χ3n) is 5.22. The fourth-order valence-electron chi connectivity index (χ4n) is 3.97. The van der Waals surface area contributed by atoms with Gasteiger partial charge in [-0.3, -0.25) is 9.69 Å². The number of hydrogen-bond donors (Lipinski definition) is 1. The molecule has 1 heterocycles. The molecule has 0 saturated carbocycles. The van der Waals surface area contributed by atoms with E-state index in [4.69, 9.17) is 10.5 Å². The number of primary amides is 1. The van der Waals surface area contributed by atoms with Crippen molar-refractivity contribution in [1.29, 1.82) is 0 Å². The Hall–Kier alpha value is -2.17. The summed E-state index contributed by atoms with van der Waals surface area (Å²) in [5.74, 6) is -0.265. The number of rotatable bonds is 6. The smallest absolute Gasteiger partial charge is 0.232 e. The minimum Gasteiger partial charge on any atom is -0.379 e. The van der Waals surface area contributed by atoms with E-state index in [9.17, 15) is 4.79 Å². The Kier molecular flexibility index (Phi) is 5.51. The lowest BCUT2D eigenvalue weighted by Gasteiger charge is -2.40. The number of amides is 1. The van der Waals surface area contributed by atoms with E-state index in [1.807, 2.05) is 60.7 Å². The molecule has 1 atom stereocenters. The zero-order valence-corrected chi connectivity index (χ0v) is 14.7. The first-order chi connectivity index (χ1) is 12.2. The molecule has 0 radical (unpaired) electrons. The van der Waals surface area contributed by atoms with E-state index in [0.717, 1.165) is 44.0 Å². The van der Waals surface area contributed by atoms with Crippen LogP contribution in [0.25, 0.3) is 0 Å². The molecule has 1 fully saturated rings. The summed E-state index contributed by atoms with van der Waals surface area (Å²) in [6, 6.07) is 19.8. The Bertz CT molecular complexity index is 642. The minimum absolute atomic E-state index is 0.0351. The van der Waals surface area contributed by atoms with Crippen LogP contribution in [0.3, 0.4) is 0 Å². The van der Waals surface area contributed by atoms with Gasteiger partial charge in [0.05, 0.1) is 13.2 Å². The first-order valence-electron chi connectivity index (χ1n) is 8.86. The van der Waals surface area contributed by atoms with Crippen molar-refractivity contribution in [2.45, 2.75) is 12.3 Å². The van der Waals surface area contributed by atoms with E-state index in [0.29, 0.717) is 0 Å². The summed E-state index contributed by atoms with van der Waals surface area (Å²) < 4.78 is 5.45. The van der Waals surface area contributed by atoms with Crippen molar-refractivity contribution in [3.63, 3.8) is 0 Å². The second kappa shape index (κ2) is 7.81. The van der Waals surface area contributed by atoms with Crippen molar-refractivity contribution < 1.29 is 9.53 Å². The maximum absolute atomic E-state index is 12.9. The molecule has 3 rings (SSSR count). The van der Waals surface area contributed by atoms with Crippen LogP contribution in [0.15, 0.2) is 60.7 Å². The number of nitrogens with two attached hydrogens (primary N) is 1. The molecule has 4 heteroatoms. The van der Waals surface area contributed by atoms with Crippen LogP contribution in [0.4, 0.5) is 0 Å². The molecular weight excluding hydrogens is 312 g/mol. The molecule has 1 aliphatic rings. The van der Waals surface area contributed by atoms with Crippen molar-refractivity contribution in [2.75, 3.05) is 32.8 Å². The van der Waals surface area contributed by atoms with Crippen LogP contribution in [-0.2, 0) is 14.9 Å². The molecule has 2 aromatic carbocycles. The first kappa shape index (κ1) is 17.6. The van der Waals surface area contributed by atoms with E-state index < -0.39 is 5.41 Å². The Morgan fingerprint density at radius 3 is 1.96 bits per heavy atom. The monoisotopic (exact) mass is 338 g/mol. The SMILES string of the molecule is CC(CN1CCOCC1)C(C(N)=O)(c1ccccc1)c1ccccc1. The molecule has 0 spiro atoms. The second-order valence-electron chi connectivity index (χ2n) is 6.72. The molecule has 2 aromatic rings. The zero-order chi connectivity index (χ0) is 17.7. The molecule has 4 nitrogen and oxygen atoms in total. The summed E-state index contributed by atoms with van der Waals surface area (Å²) in [4.78, 5) is 15.2. The lowest BCUT2D eigenvalue weighted by atomic mass is 9.65. The van der Waals surface area contributed by atoms with Gasteiger partial charge in [-0.1, -0.05) is 67.6 Å². The number of hydrogen-bond acceptors (Lipinski definition) is 3. The fourth-order valence-corrected chi connectivity index (χ4v) is 3.97. The Labute approximate surface area is 149 Å². The lowest BCUT2D eigenvalue weighted by molar-refractivity contribution is -0.124. The summed E-state index contributed by atoms with van der Waals surface area (Å²) in [5.41, 5.74) is 7.12. The van der Waals surface area contributed by atoms with Crippen molar-refractivity contribution in [2.24, 2.45) is 11.7 Å².